The van der Waals surface area contributed by atoms with Gasteiger partial charge in [-0.2, -0.15) is 0 Å². The van der Waals surface area contributed by atoms with Crippen molar-refractivity contribution in [1.29, 1.82) is 0 Å². The molecular formula is C52H90NO11P. The molecule has 4 atom stereocenters. The van der Waals surface area contributed by atoms with Gasteiger partial charge in [-0.3, -0.25) is 23.4 Å². The molecule has 0 saturated carbocycles. The summed E-state index contributed by atoms with van der Waals surface area (Å²) in [6.45, 7) is 2.56. The summed E-state index contributed by atoms with van der Waals surface area (Å²) in [4.78, 5) is 46.1. The first kappa shape index (κ1) is 61.9. The number of phosphoric ester groups is 1. The van der Waals surface area contributed by atoms with Crippen molar-refractivity contribution in [3.63, 3.8) is 0 Å². The summed E-state index contributed by atoms with van der Waals surface area (Å²) in [5.74, 6) is -2.52. The number of carbonyl (C=O) groups is 3. The Morgan fingerprint density at radius 3 is 1.58 bits per heavy atom. The first-order chi connectivity index (χ1) is 31.5. The van der Waals surface area contributed by atoms with Gasteiger partial charge in [-0.15, -0.1) is 0 Å². The lowest BCUT2D eigenvalue weighted by atomic mass is 10.0. The summed E-state index contributed by atoms with van der Waals surface area (Å²) in [6, 6.07) is -1.54. The molecule has 0 aliphatic rings. The summed E-state index contributed by atoms with van der Waals surface area (Å²) < 4.78 is 32.7. The first-order valence-corrected chi connectivity index (χ1v) is 26.6. The van der Waals surface area contributed by atoms with Gasteiger partial charge in [-0.05, 0) is 44.9 Å². The summed E-state index contributed by atoms with van der Waals surface area (Å²) in [7, 11) is -4.76. The van der Waals surface area contributed by atoms with Crippen LogP contribution < -0.4 is 5.73 Å². The number of esters is 2. The number of hydrogen-bond donors (Lipinski definition) is 4. The summed E-state index contributed by atoms with van der Waals surface area (Å²) in [6.07, 6.45) is 53.0. The van der Waals surface area contributed by atoms with Crippen molar-refractivity contribution < 1.29 is 52.6 Å². The fourth-order valence-corrected chi connectivity index (χ4v) is 7.43. The number of allylic oxidation sites excluding steroid dienone is 10. The average molecular weight is 936 g/mol. The molecule has 0 bridgehead atoms. The number of rotatable bonds is 46. The van der Waals surface area contributed by atoms with Crippen molar-refractivity contribution in [2.75, 3.05) is 19.8 Å². The van der Waals surface area contributed by atoms with E-state index < -0.39 is 63.8 Å². The molecule has 5 N–H and O–H groups in total. The molecule has 12 nitrogen and oxygen atoms in total. The van der Waals surface area contributed by atoms with Gasteiger partial charge in [0.15, 0.2) is 6.10 Å². The Kier molecular flexibility index (Phi) is 43.8. The van der Waals surface area contributed by atoms with Gasteiger partial charge in [0.25, 0.3) is 0 Å². The second kappa shape index (κ2) is 46.0. The second-order valence-corrected chi connectivity index (χ2v) is 18.2. The van der Waals surface area contributed by atoms with Crippen LogP contribution in [0.1, 0.15) is 200 Å². The van der Waals surface area contributed by atoms with Gasteiger partial charge in [-0.1, -0.05) is 215 Å². The molecule has 0 aromatic carbocycles. The number of unbranched alkanes of at least 4 members (excludes halogenated alkanes) is 20. The highest BCUT2D eigenvalue weighted by Gasteiger charge is 2.28. The molecular weight excluding hydrogens is 846 g/mol. The highest BCUT2D eigenvalue weighted by Crippen LogP contribution is 2.43. The Morgan fingerprint density at radius 2 is 1.05 bits per heavy atom. The zero-order valence-corrected chi connectivity index (χ0v) is 41.3. The lowest BCUT2D eigenvalue weighted by Crippen LogP contribution is -2.34. The number of hydrogen-bond acceptors (Lipinski definition) is 10. The highest BCUT2D eigenvalue weighted by molar-refractivity contribution is 7.47. The van der Waals surface area contributed by atoms with Gasteiger partial charge in [-0.25, -0.2) is 4.57 Å². The third kappa shape index (κ3) is 45.8. The third-order valence-electron chi connectivity index (χ3n) is 10.6. The number of aliphatic hydroxyl groups excluding tert-OH is 1. The molecule has 0 saturated heterocycles. The number of nitrogens with two attached hydrogens (primary N) is 1. The van der Waals surface area contributed by atoms with Crippen LogP contribution in [0.15, 0.2) is 72.9 Å². The van der Waals surface area contributed by atoms with Crippen LogP contribution in [-0.2, 0) is 37.5 Å². The van der Waals surface area contributed by atoms with Crippen LogP contribution in [0.5, 0.6) is 0 Å². The number of aliphatic hydroxyl groups is 1. The van der Waals surface area contributed by atoms with Crippen LogP contribution in [-0.4, -0.2) is 71.1 Å². The molecule has 2 unspecified atom stereocenters. The van der Waals surface area contributed by atoms with E-state index in [-0.39, 0.29) is 12.8 Å². The van der Waals surface area contributed by atoms with Crippen molar-refractivity contribution >= 4 is 25.7 Å². The van der Waals surface area contributed by atoms with Gasteiger partial charge in [0, 0.05) is 12.8 Å². The standard InChI is InChI=1S/C52H90NO11P/c1-3-5-7-9-11-12-13-14-15-16-17-18-19-20-21-22-23-27-30-34-38-42-50(55)61-44-48(45-62-65(59,60)63-46-49(53)52(57)58)64-51(56)43-39-35-31-28-25-24-26-29-33-37-41-47(54)40-36-32-10-8-6-4-2/h6,8,24-25,29,31-33,35-37,41,47-49,54H,3-5,7,9-23,26-28,30,34,38-40,42-46,53H2,1-2H3,(H,57,58)(H,59,60)/b8-6-,25-24-,33-29-,35-31-,36-32-,41-37+/t47?,48-,49+/m1/s1. The predicted octanol–water partition coefficient (Wildman–Crippen LogP) is 13.0. The molecule has 0 fully saturated rings. The minimum absolute atomic E-state index is 0.0114. The Hall–Kier alpha value is -3.12. The van der Waals surface area contributed by atoms with Crippen molar-refractivity contribution in [2.45, 2.75) is 218 Å². The zero-order valence-electron chi connectivity index (χ0n) is 40.4. The van der Waals surface area contributed by atoms with Crippen LogP contribution in [0.25, 0.3) is 0 Å². The summed E-state index contributed by atoms with van der Waals surface area (Å²) in [5.41, 5.74) is 5.34. The van der Waals surface area contributed by atoms with Crippen LogP contribution in [0.3, 0.4) is 0 Å². The Labute approximate surface area is 393 Å². The molecule has 0 aromatic heterocycles. The van der Waals surface area contributed by atoms with E-state index in [2.05, 4.69) is 30.5 Å². The molecule has 0 spiro atoms. The topological polar surface area (TPSA) is 192 Å². The van der Waals surface area contributed by atoms with E-state index in [1.54, 1.807) is 6.08 Å². The quantitative estimate of drug-likeness (QED) is 0.0149. The average Bonchev–Trinajstić information content (AvgIpc) is 3.28. The van der Waals surface area contributed by atoms with Crippen LogP contribution >= 0.6 is 7.82 Å². The van der Waals surface area contributed by atoms with Crippen LogP contribution in [0.2, 0.25) is 0 Å². The van der Waals surface area contributed by atoms with Crippen molar-refractivity contribution in [3.05, 3.63) is 72.9 Å². The van der Waals surface area contributed by atoms with Gasteiger partial charge < -0.3 is 30.3 Å². The lowest BCUT2D eigenvalue weighted by molar-refractivity contribution is -0.161. The van der Waals surface area contributed by atoms with E-state index in [9.17, 15) is 28.9 Å². The maximum atomic E-state index is 12.6. The molecule has 0 amide bonds. The smallest absolute Gasteiger partial charge is 0.472 e. The van der Waals surface area contributed by atoms with Crippen LogP contribution in [0, 0.1) is 0 Å². The van der Waals surface area contributed by atoms with Gasteiger partial charge in [0.2, 0.25) is 0 Å². The molecule has 0 rings (SSSR count). The monoisotopic (exact) mass is 936 g/mol. The maximum Gasteiger partial charge on any atom is 0.472 e. The normalized spacial score (nSPS) is 14.7. The van der Waals surface area contributed by atoms with Gasteiger partial charge >= 0.3 is 25.7 Å². The number of carbonyl (C=O) groups excluding carboxylic acids is 2. The van der Waals surface area contributed by atoms with E-state index >= 15 is 0 Å². The number of aliphatic carboxylic acids is 1. The molecule has 0 heterocycles. The minimum atomic E-state index is -4.76. The Balaban J connectivity index is 4.40. The lowest BCUT2D eigenvalue weighted by Gasteiger charge is -2.20. The number of phosphoric acid groups is 1. The van der Waals surface area contributed by atoms with E-state index in [0.29, 0.717) is 25.7 Å². The van der Waals surface area contributed by atoms with Crippen molar-refractivity contribution in [2.24, 2.45) is 5.73 Å². The van der Waals surface area contributed by atoms with E-state index in [0.717, 1.165) is 38.5 Å². The molecule has 0 aliphatic heterocycles. The fraction of sp³-hybridized carbons (Fsp3) is 0.712. The fourth-order valence-electron chi connectivity index (χ4n) is 6.65. The number of ether oxygens (including phenoxy) is 2. The van der Waals surface area contributed by atoms with Gasteiger partial charge in [0.1, 0.15) is 12.6 Å². The second-order valence-electron chi connectivity index (χ2n) is 16.8. The molecule has 65 heavy (non-hydrogen) atoms. The zero-order chi connectivity index (χ0) is 47.9. The summed E-state index contributed by atoms with van der Waals surface area (Å²) >= 11 is 0. The van der Waals surface area contributed by atoms with E-state index in [4.69, 9.17) is 24.8 Å². The van der Waals surface area contributed by atoms with Crippen molar-refractivity contribution in [1.82, 2.24) is 0 Å². The van der Waals surface area contributed by atoms with Crippen LogP contribution in [0.4, 0.5) is 0 Å². The summed E-state index contributed by atoms with van der Waals surface area (Å²) in [5, 5.41) is 18.9. The molecule has 0 aliphatic carbocycles. The maximum absolute atomic E-state index is 12.6. The Morgan fingerprint density at radius 1 is 0.569 bits per heavy atom. The largest absolute Gasteiger partial charge is 0.480 e. The predicted molar refractivity (Wildman–Crippen MR) is 264 cm³/mol. The number of carboxylic acids is 1. The Bertz CT molecular complexity index is 1390. The highest BCUT2D eigenvalue weighted by atomic mass is 31.2. The van der Waals surface area contributed by atoms with Gasteiger partial charge in [0.05, 0.1) is 19.3 Å². The minimum Gasteiger partial charge on any atom is -0.480 e. The third-order valence-corrected chi connectivity index (χ3v) is 11.5. The molecule has 374 valence electrons. The first-order valence-electron chi connectivity index (χ1n) is 25.1. The molecule has 0 radical (unpaired) electrons. The van der Waals surface area contributed by atoms with E-state index in [1.807, 2.05) is 54.7 Å². The molecule has 13 heteroatoms. The SMILES string of the molecule is CC/C=C\C/C=C\CC(O)/C=C/C=C\C/C=C\C/C=C\CCC(=O)O[C@H](COC(=O)CCCCCCCCCCCCCCCCCCCCCCC)COP(=O)(O)OC[C@H](N)C(=O)O. The number of carboxylic acid groups (broad SMARTS) is 1. The van der Waals surface area contributed by atoms with E-state index in [1.165, 1.54) is 109 Å². The van der Waals surface area contributed by atoms with Crippen molar-refractivity contribution in [3.8, 4) is 0 Å². The molecule has 0 aromatic rings.